The molecule has 2 atom stereocenters. The second kappa shape index (κ2) is 14.6. The van der Waals surface area contributed by atoms with Crippen LogP contribution in [0.25, 0.3) is 10.8 Å². The van der Waals surface area contributed by atoms with Crippen LogP contribution in [0.1, 0.15) is 31.4 Å². The van der Waals surface area contributed by atoms with Gasteiger partial charge in [-0.1, -0.05) is 78.9 Å². The summed E-state index contributed by atoms with van der Waals surface area (Å²) in [5, 5.41) is 4.84. The molecule has 0 heterocycles. The summed E-state index contributed by atoms with van der Waals surface area (Å²) < 4.78 is 0. The van der Waals surface area contributed by atoms with Crippen molar-refractivity contribution >= 4 is 40.9 Å². The molecule has 40 heavy (non-hydrogen) atoms. The quantitative estimate of drug-likeness (QED) is 0.342. The number of nitrogens with zero attached hydrogens (tertiary/aromatic N) is 2. The van der Waals surface area contributed by atoms with Gasteiger partial charge >= 0.3 is 0 Å². The lowest BCUT2D eigenvalue weighted by Gasteiger charge is -2.34. The minimum Gasteiger partial charge on any atom is -0.357 e. The Hall–Kier alpha value is -3.68. The lowest BCUT2D eigenvalue weighted by Crippen LogP contribution is -2.55. The molecule has 0 saturated carbocycles. The van der Waals surface area contributed by atoms with E-state index in [0.717, 1.165) is 21.9 Å². The van der Waals surface area contributed by atoms with Crippen LogP contribution in [0.5, 0.6) is 0 Å². The van der Waals surface area contributed by atoms with Gasteiger partial charge in [0.05, 0.1) is 0 Å². The number of fused-ring (bicyclic) bond motifs is 1. The molecule has 0 fully saturated rings. The van der Waals surface area contributed by atoms with Crippen molar-refractivity contribution in [2.75, 3.05) is 21.1 Å². The molecule has 0 aliphatic rings. The molecule has 0 spiro atoms. The van der Waals surface area contributed by atoms with Crippen LogP contribution in [0.3, 0.4) is 0 Å². The Kier molecular flexibility index (Phi) is 11.9. The van der Waals surface area contributed by atoms with Crippen LogP contribution < -0.4 is 11.1 Å². The van der Waals surface area contributed by atoms with Crippen molar-refractivity contribution in [1.29, 1.82) is 0 Å². The van der Waals surface area contributed by atoms with E-state index in [1.807, 2.05) is 86.6 Å². The molecule has 0 bridgehead atoms. The fraction of sp³-hybridized carbons (Fsp3) is 0.344. The SMILES string of the molecule is CNC(=O)[C@@H](Cc1ccccc1)N(C)C(=O)[C@@H](Cc1ccc2ccccc2c1)N(C)C(=O)C=CCC(C)(C)N.Cl. The number of carbonyl (C=O) groups is 3. The van der Waals surface area contributed by atoms with Crippen molar-refractivity contribution < 1.29 is 14.4 Å². The molecule has 0 saturated heterocycles. The van der Waals surface area contributed by atoms with Gasteiger partial charge in [-0.3, -0.25) is 14.4 Å². The molecule has 8 heteroatoms. The zero-order valence-electron chi connectivity index (χ0n) is 24.0. The summed E-state index contributed by atoms with van der Waals surface area (Å²) >= 11 is 0. The first-order chi connectivity index (χ1) is 18.5. The van der Waals surface area contributed by atoms with E-state index in [0.29, 0.717) is 19.3 Å². The van der Waals surface area contributed by atoms with Crippen LogP contribution in [-0.4, -0.2) is 66.3 Å². The van der Waals surface area contributed by atoms with Gasteiger partial charge in [-0.2, -0.15) is 0 Å². The number of hydrogen-bond donors (Lipinski definition) is 2. The van der Waals surface area contributed by atoms with Crippen LogP contribution in [0.15, 0.2) is 84.9 Å². The van der Waals surface area contributed by atoms with E-state index in [1.54, 1.807) is 27.2 Å². The standard InChI is InChI=1S/C32H40N4O3.ClH/c1-32(2,33)19-11-16-29(37)35(4)28(22-24-17-18-25-14-9-10-15-26(25)20-24)31(39)36(5)27(30(38)34-3)21-23-12-7-6-8-13-23;/h6-18,20,27-28H,19,21-22,33H2,1-5H3,(H,34,38);1H/t27-,28-;/m1./s1. The van der Waals surface area contributed by atoms with Crippen LogP contribution in [-0.2, 0) is 27.2 Å². The van der Waals surface area contributed by atoms with Gasteiger partial charge < -0.3 is 20.9 Å². The Morgan fingerprint density at radius 3 is 2.08 bits per heavy atom. The monoisotopic (exact) mass is 564 g/mol. The van der Waals surface area contributed by atoms with Gasteiger partial charge in [0.2, 0.25) is 17.7 Å². The van der Waals surface area contributed by atoms with E-state index in [2.05, 4.69) is 5.32 Å². The number of halogens is 1. The minimum atomic E-state index is -0.817. The molecule has 7 nitrogen and oxygen atoms in total. The zero-order chi connectivity index (χ0) is 28.6. The van der Waals surface area contributed by atoms with Gasteiger partial charge in [0, 0.05) is 39.5 Å². The molecule has 3 aromatic rings. The van der Waals surface area contributed by atoms with E-state index in [1.165, 1.54) is 15.9 Å². The summed E-state index contributed by atoms with van der Waals surface area (Å²) in [5.74, 6) is -0.874. The lowest BCUT2D eigenvalue weighted by molar-refractivity contribution is -0.146. The fourth-order valence-electron chi connectivity index (χ4n) is 4.51. The second-order valence-electron chi connectivity index (χ2n) is 10.7. The van der Waals surface area contributed by atoms with Crippen LogP contribution in [0.4, 0.5) is 0 Å². The van der Waals surface area contributed by atoms with Crippen LogP contribution >= 0.6 is 12.4 Å². The third kappa shape index (κ3) is 8.93. The van der Waals surface area contributed by atoms with Crippen molar-refractivity contribution in [1.82, 2.24) is 15.1 Å². The van der Waals surface area contributed by atoms with Crippen molar-refractivity contribution in [2.45, 2.75) is 50.7 Å². The van der Waals surface area contributed by atoms with Crippen molar-refractivity contribution in [3.05, 3.63) is 96.1 Å². The molecular formula is C32H41ClN4O3. The normalized spacial score (nSPS) is 12.8. The highest BCUT2D eigenvalue weighted by Gasteiger charge is 2.34. The van der Waals surface area contributed by atoms with Gasteiger partial charge in [0.25, 0.3) is 0 Å². The molecule has 214 valence electrons. The predicted octanol–water partition coefficient (Wildman–Crippen LogP) is 4.13. The van der Waals surface area contributed by atoms with E-state index < -0.39 is 17.6 Å². The maximum Gasteiger partial charge on any atom is 0.246 e. The Morgan fingerprint density at radius 1 is 0.850 bits per heavy atom. The van der Waals surface area contributed by atoms with E-state index in [4.69, 9.17) is 5.73 Å². The largest absolute Gasteiger partial charge is 0.357 e. The first kappa shape index (κ1) is 32.5. The summed E-state index contributed by atoms with van der Waals surface area (Å²) in [7, 11) is 4.82. The van der Waals surface area contributed by atoms with Gasteiger partial charge in [-0.15, -0.1) is 12.4 Å². The Morgan fingerprint density at radius 2 is 1.45 bits per heavy atom. The Balaban J connectivity index is 0.00000560. The average Bonchev–Trinajstić information content (AvgIpc) is 2.92. The van der Waals surface area contributed by atoms with Crippen molar-refractivity contribution in [3.8, 4) is 0 Å². The lowest BCUT2D eigenvalue weighted by atomic mass is 9.98. The minimum absolute atomic E-state index is 0. The molecular weight excluding hydrogens is 524 g/mol. The van der Waals surface area contributed by atoms with Gasteiger partial charge in [0.15, 0.2) is 0 Å². The average molecular weight is 565 g/mol. The third-order valence-corrected chi connectivity index (χ3v) is 6.88. The molecule has 3 aromatic carbocycles. The summed E-state index contributed by atoms with van der Waals surface area (Å²) in [6.07, 6.45) is 4.39. The number of nitrogens with one attached hydrogen (secondary N) is 1. The van der Waals surface area contributed by atoms with E-state index in [-0.39, 0.29) is 30.1 Å². The molecule has 0 aliphatic carbocycles. The second-order valence-corrected chi connectivity index (χ2v) is 10.7. The van der Waals surface area contributed by atoms with Gasteiger partial charge in [-0.05, 0) is 48.2 Å². The Bertz CT molecular complexity index is 1320. The smallest absolute Gasteiger partial charge is 0.246 e. The molecule has 0 aliphatic heterocycles. The highest BCUT2D eigenvalue weighted by molar-refractivity contribution is 5.95. The number of likely N-dealkylation sites (N-methyl/N-ethyl adjacent to an activating group) is 3. The summed E-state index contributed by atoms with van der Waals surface area (Å²) in [6.45, 7) is 3.77. The number of hydrogen-bond acceptors (Lipinski definition) is 4. The summed E-state index contributed by atoms with van der Waals surface area (Å²) in [5.41, 5.74) is 7.47. The highest BCUT2D eigenvalue weighted by Crippen LogP contribution is 2.20. The van der Waals surface area contributed by atoms with E-state index in [9.17, 15) is 14.4 Å². The van der Waals surface area contributed by atoms with Crippen molar-refractivity contribution in [2.24, 2.45) is 5.73 Å². The molecule has 0 unspecified atom stereocenters. The third-order valence-electron chi connectivity index (χ3n) is 6.88. The first-order valence-electron chi connectivity index (χ1n) is 13.2. The number of rotatable bonds is 11. The number of amides is 3. The Labute approximate surface area is 243 Å². The summed E-state index contributed by atoms with van der Waals surface area (Å²) in [6, 6.07) is 22.1. The molecule has 3 rings (SSSR count). The first-order valence-corrected chi connectivity index (χ1v) is 13.2. The molecule has 0 radical (unpaired) electrons. The van der Waals surface area contributed by atoms with Crippen LogP contribution in [0, 0.1) is 0 Å². The molecule has 3 N–H and O–H groups in total. The number of benzene rings is 3. The van der Waals surface area contributed by atoms with Crippen LogP contribution in [0.2, 0.25) is 0 Å². The van der Waals surface area contributed by atoms with Gasteiger partial charge in [-0.25, -0.2) is 0 Å². The van der Waals surface area contributed by atoms with E-state index >= 15 is 0 Å². The maximum atomic E-state index is 14.1. The summed E-state index contributed by atoms with van der Waals surface area (Å²) in [4.78, 5) is 43.1. The predicted molar refractivity (Wildman–Crippen MR) is 164 cm³/mol. The molecule has 3 amide bonds. The van der Waals surface area contributed by atoms with Crippen molar-refractivity contribution in [3.63, 3.8) is 0 Å². The maximum absolute atomic E-state index is 14.1. The number of nitrogens with two attached hydrogens (primary N) is 1. The fourth-order valence-corrected chi connectivity index (χ4v) is 4.51. The highest BCUT2D eigenvalue weighted by atomic mass is 35.5. The zero-order valence-corrected chi connectivity index (χ0v) is 24.8. The molecule has 0 aromatic heterocycles. The topological polar surface area (TPSA) is 95.7 Å². The number of carbonyl (C=O) groups excluding carboxylic acids is 3. The van der Waals surface area contributed by atoms with Gasteiger partial charge in [0.1, 0.15) is 12.1 Å².